The number of ether oxygens (including phenoxy) is 2. The second-order valence-corrected chi connectivity index (χ2v) is 3.31. The summed E-state index contributed by atoms with van der Waals surface area (Å²) in [6, 6.07) is 1.29. The van der Waals surface area contributed by atoms with Gasteiger partial charge in [-0.15, -0.1) is 0 Å². The second kappa shape index (κ2) is 6.25. The van der Waals surface area contributed by atoms with Crippen molar-refractivity contribution < 1.29 is 23.0 Å². The largest absolute Gasteiger partial charge is 0.494 e. The molecule has 0 bridgehead atoms. The van der Waals surface area contributed by atoms with Crippen LogP contribution in [0, 0.1) is 0 Å². The normalized spacial score (nSPS) is 10.6. The zero-order chi connectivity index (χ0) is 13.7. The second-order valence-electron chi connectivity index (χ2n) is 3.31. The Balaban J connectivity index is 3.31. The van der Waals surface area contributed by atoms with Crippen LogP contribution < -0.4 is 10.5 Å². The SMILES string of the molecule is CCOC(=O)c1cc(CN)c(OC)c(C(F)F)n1. The number of nitrogens with zero attached hydrogens (tertiary/aromatic N) is 1. The van der Waals surface area contributed by atoms with Gasteiger partial charge in [-0.1, -0.05) is 0 Å². The highest BCUT2D eigenvalue weighted by Crippen LogP contribution is 2.31. The first-order valence-corrected chi connectivity index (χ1v) is 5.28. The third-order valence-electron chi connectivity index (χ3n) is 2.19. The summed E-state index contributed by atoms with van der Waals surface area (Å²) in [5.74, 6) is -0.864. The van der Waals surface area contributed by atoms with Gasteiger partial charge in [0, 0.05) is 12.1 Å². The number of hydrogen-bond acceptors (Lipinski definition) is 5. The first-order valence-electron chi connectivity index (χ1n) is 5.28. The molecule has 0 aliphatic heterocycles. The van der Waals surface area contributed by atoms with Gasteiger partial charge >= 0.3 is 5.97 Å². The van der Waals surface area contributed by atoms with Crippen LogP contribution in [0.3, 0.4) is 0 Å². The van der Waals surface area contributed by atoms with E-state index >= 15 is 0 Å². The molecule has 2 N–H and O–H groups in total. The summed E-state index contributed by atoms with van der Waals surface area (Å²) in [5, 5.41) is 0. The van der Waals surface area contributed by atoms with Crippen LogP contribution in [0.1, 0.15) is 35.1 Å². The van der Waals surface area contributed by atoms with E-state index < -0.39 is 18.1 Å². The summed E-state index contributed by atoms with van der Waals surface area (Å²) in [6.07, 6.45) is -2.86. The lowest BCUT2D eigenvalue weighted by molar-refractivity contribution is 0.0517. The van der Waals surface area contributed by atoms with Gasteiger partial charge in [-0.05, 0) is 13.0 Å². The Morgan fingerprint density at radius 3 is 2.67 bits per heavy atom. The number of hydrogen-bond donors (Lipinski definition) is 1. The van der Waals surface area contributed by atoms with Gasteiger partial charge in [0.2, 0.25) is 0 Å². The van der Waals surface area contributed by atoms with E-state index in [1.165, 1.54) is 13.2 Å². The number of aromatic nitrogens is 1. The molecule has 0 aliphatic rings. The Kier molecular flexibility index (Phi) is 4.96. The van der Waals surface area contributed by atoms with Crippen LogP contribution in [-0.4, -0.2) is 24.7 Å². The highest BCUT2D eigenvalue weighted by molar-refractivity contribution is 5.87. The number of alkyl halides is 2. The lowest BCUT2D eigenvalue weighted by atomic mass is 10.1. The van der Waals surface area contributed by atoms with Crippen LogP contribution in [0.15, 0.2) is 6.07 Å². The van der Waals surface area contributed by atoms with E-state index in [4.69, 9.17) is 15.2 Å². The Bertz CT molecular complexity index is 439. The van der Waals surface area contributed by atoms with Crippen molar-refractivity contribution in [2.24, 2.45) is 5.73 Å². The lowest BCUT2D eigenvalue weighted by Crippen LogP contribution is -2.13. The highest BCUT2D eigenvalue weighted by Gasteiger charge is 2.23. The quantitative estimate of drug-likeness (QED) is 0.815. The molecule has 0 spiro atoms. The van der Waals surface area contributed by atoms with Gasteiger partial charge in [0.25, 0.3) is 6.43 Å². The van der Waals surface area contributed by atoms with Crippen molar-refractivity contribution in [2.75, 3.05) is 13.7 Å². The molecule has 1 aromatic heterocycles. The molecule has 0 amide bonds. The standard InChI is InChI=1S/C11H14F2N2O3/c1-3-18-11(16)7-4-6(5-14)9(17-2)8(15-7)10(12)13/h4,10H,3,5,14H2,1-2H3. The summed E-state index contributed by atoms with van der Waals surface area (Å²) in [7, 11) is 1.24. The summed E-state index contributed by atoms with van der Waals surface area (Å²) < 4.78 is 35.2. The van der Waals surface area contributed by atoms with E-state index in [0.29, 0.717) is 0 Å². The Morgan fingerprint density at radius 2 is 2.22 bits per heavy atom. The average molecular weight is 260 g/mol. The van der Waals surface area contributed by atoms with E-state index in [2.05, 4.69) is 4.98 Å². The van der Waals surface area contributed by atoms with Gasteiger partial charge in [-0.25, -0.2) is 18.6 Å². The van der Waals surface area contributed by atoms with E-state index in [9.17, 15) is 13.6 Å². The molecule has 0 atom stereocenters. The van der Waals surface area contributed by atoms with Crippen molar-refractivity contribution in [1.82, 2.24) is 4.98 Å². The van der Waals surface area contributed by atoms with Gasteiger partial charge in [0.05, 0.1) is 13.7 Å². The van der Waals surface area contributed by atoms with Gasteiger partial charge in [0.1, 0.15) is 11.4 Å². The monoisotopic (exact) mass is 260 g/mol. The number of nitrogens with two attached hydrogens (primary N) is 1. The third kappa shape index (κ3) is 2.92. The van der Waals surface area contributed by atoms with Crippen molar-refractivity contribution in [3.05, 3.63) is 23.0 Å². The molecule has 1 aromatic rings. The number of carbonyl (C=O) groups excluding carboxylic acids is 1. The molecule has 0 saturated heterocycles. The van der Waals surface area contributed by atoms with E-state index in [-0.39, 0.29) is 30.2 Å². The predicted octanol–water partition coefficient (Wildman–Crippen LogP) is 1.66. The van der Waals surface area contributed by atoms with Crippen LogP contribution in [0.5, 0.6) is 5.75 Å². The summed E-state index contributed by atoms with van der Waals surface area (Å²) >= 11 is 0. The van der Waals surface area contributed by atoms with Crippen molar-refractivity contribution in [1.29, 1.82) is 0 Å². The van der Waals surface area contributed by atoms with Crippen LogP contribution >= 0.6 is 0 Å². The fourth-order valence-electron chi connectivity index (χ4n) is 1.45. The molecule has 0 saturated carbocycles. The molecule has 1 heterocycles. The van der Waals surface area contributed by atoms with Crippen molar-refractivity contribution >= 4 is 5.97 Å². The maximum absolute atomic E-state index is 12.8. The maximum atomic E-state index is 12.8. The highest BCUT2D eigenvalue weighted by atomic mass is 19.3. The van der Waals surface area contributed by atoms with Crippen molar-refractivity contribution in [3.63, 3.8) is 0 Å². The minimum Gasteiger partial charge on any atom is -0.494 e. The Labute approximate surface area is 103 Å². The Morgan fingerprint density at radius 1 is 1.56 bits per heavy atom. The summed E-state index contributed by atoms with van der Waals surface area (Å²) in [5.41, 5.74) is 4.91. The minimum atomic E-state index is -2.86. The fourth-order valence-corrected chi connectivity index (χ4v) is 1.45. The van der Waals surface area contributed by atoms with Gasteiger partial charge in [0.15, 0.2) is 5.75 Å². The molecule has 18 heavy (non-hydrogen) atoms. The predicted molar refractivity (Wildman–Crippen MR) is 59.6 cm³/mol. The van der Waals surface area contributed by atoms with Crippen molar-refractivity contribution in [3.8, 4) is 5.75 Å². The average Bonchev–Trinajstić information content (AvgIpc) is 2.37. The molecule has 100 valence electrons. The van der Waals surface area contributed by atoms with Crippen LogP contribution in [0.4, 0.5) is 8.78 Å². The summed E-state index contributed by atoms with van der Waals surface area (Å²) in [6.45, 7) is 1.70. The number of carbonyl (C=O) groups is 1. The lowest BCUT2D eigenvalue weighted by Gasteiger charge is -2.13. The van der Waals surface area contributed by atoms with Gasteiger partial charge in [-0.3, -0.25) is 0 Å². The zero-order valence-corrected chi connectivity index (χ0v) is 10.1. The maximum Gasteiger partial charge on any atom is 0.356 e. The number of halogens is 2. The topological polar surface area (TPSA) is 74.4 Å². The molecule has 0 fully saturated rings. The number of methoxy groups -OCH3 is 1. The number of esters is 1. The molecule has 1 rings (SSSR count). The molecule has 5 nitrogen and oxygen atoms in total. The van der Waals surface area contributed by atoms with Gasteiger partial charge < -0.3 is 15.2 Å². The first-order chi connectivity index (χ1) is 8.54. The molecular weight excluding hydrogens is 246 g/mol. The molecule has 0 radical (unpaired) electrons. The number of pyridine rings is 1. The van der Waals surface area contributed by atoms with Crippen molar-refractivity contribution in [2.45, 2.75) is 19.9 Å². The molecular formula is C11H14F2N2O3. The van der Waals surface area contributed by atoms with E-state index in [0.717, 1.165) is 0 Å². The van der Waals surface area contributed by atoms with Crippen LogP contribution in [0.25, 0.3) is 0 Å². The minimum absolute atomic E-state index is 0.0438. The first kappa shape index (κ1) is 14.3. The molecule has 0 aromatic carbocycles. The van der Waals surface area contributed by atoms with E-state index in [1.54, 1.807) is 6.92 Å². The molecule has 0 unspecified atom stereocenters. The van der Waals surface area contributed by atoms with E-state index in [1.807, 2.05) is 0 Å². The molecule has 0 aliphatic carbocycles. The number of rotatable bonds is 5. The summed E-state index contributed by atoms with van der Waals surface area (Å²) in [4.78, 5) is 15.0. The van der Waals surface area contributed by atoms with Crippen LogP contribution in [0.2, 0.25) is 0 Å². The Hall–Kier alpha value is -1.76. The smallest absolute Gasteiger partial charge is 0.356 e. The zero-order valence-electron chi connectivity index (χ0n) is 10.1. The molecule has 7 heteroatoms. The van der Waals surface area contributed by atoms with Gasteiger partial charge in [-0.2, -0.15) is 0 Å². The fraction of sp³-hybridized carbons (Fsp3) is 0.455. The van der Waals surface area contributed by atoms with Crippen LogP contribution in [-0.2, 0) is 11.3 Å². The third-order valence-corrected chi connectivity index (χ3v) is 2.19.